The van der Waals surface area contributed by atoms with Crippen molar-refractivity contribution in [3.05, 3.63) is 36.3 Å². The van der Waals surface area contributed by atoms with Gasteiger partial charge in [-0.3, -0.25) is 4.57 Å². The van der Waals surface area contributed by atoms with Crippen LogP contribution in [-0.4, -0.2) is 29.5 Å². The van der Waals surface area contributed by atoms with Gasteiger partial charge in [0.15, 0.2) is 5.82 Å². The third kappa shape index (κ3) is 1.58. The number of hydrogen-bond donors (Lipinski definition) is 2. The number of rotatable bonds is 2. The molecule has 0 aromatic carbocycles. The predicted octanol–water partition coefficient (Wildman–Crippen LogP) is 1.37. The van der Waals surface area contributed by atoms with E-state index in [9.17, 15) is 8.78 Å². The highest BCUT2D eigenvalue weighted by molar-refractivity contribution is 5.48. The molecule has 6 nitrogen and oxygen atoms in total. The van der Waals surface area contributed by atoms with Crippen molar-refractivity contribution in [1.29, 1.82) is 0 Å². The first-order chi connectivity index (χ1) is 8.65. The van der Waals surface area contributed by atoms with Gasteiger partial charge in [0.1, 0.15) is 17.7 Å². The van der Waals surface area contributed by atoms with Crippen molar-refractivity contribution in [3.63, 3.8) is 0 Å². The number of H-pyrrole nitrogens is 2. The van der Waals surface area contributed by atoms with Crippen LogP contribution in [0.5, 0.6) is 0 Å². The number of aromatic amines is 2. The molecule has 3 aromatic heterocycles. The lowest BCUT2D eigenvalue weighted by atomic mass is 10.4. The van der Waals surface area contributed by atoms with Crippen molar-refractivity contribution in [2.75, 3.05) is 0 Å². The second kappa shape index (κ2) is 3.76. The minimum Gasteiger partial charge on any atom is -0.330 e. The summed E-state index contributed by atoms with van der Waals surface area (Å²) in [5.74, 6) is -1.25. The molecule has 1 radical (unpaired) electrons. The van der Waals surface area contributed by atoms with Crippen molar-refractivity contribution in [2.24, 2.45) is 0 Å². The molecule has 18 heavy (non-hydrogen) atoms. The lowest BCUT2D eigenvalue weighted by molar-refractivity contribution is 0.475. The van der Waals surface area contributed by atoms with Crippen LogP contribution in [0, 0.1) is 25.0 Å². The molecule has 8 heteroatoms. The molecule has 3 aromatic rings. The van der Waals surface area contributed by atoms with Gasteiger partial charge in [-0.05, 0) is 6.92 Å². The molecule has 0 saturated carbocycles. The smallest absolute Gasteiger partial charge is 0.268 e. The lowest BCUT2D eigenvalue weighted by Gasteiger charge is -1.96. The molecule has 0 amide bonds. The Labute approximate surface area is 99.7 Å². The molecule has 0 aliphatic rings. The van der Waals surface area contributed by atoms with Gasteiger partial charge < -0.3 is 9.97 Å². The minimum absolute atomic E-state index is 0.0154. The Kier molecular flexibility index (Phi) is 2.22. The monoisotopic (exact) mass is 249 g/mol. The van der Waals surface area contributed by atoms with Crippen molar-refractivity contribution < 1.29 is 8.78 Å². The van der Waals surface area contributed by atoms with Gasteiger partial charge in [0.05, 0.1) is 0 Å². The van der Waals surface area contributed by atoms with Gasteiger partial charge in [-0.2, -0.15) is 13.8 Å². The molecule has 0 aliphatic carbocycles. The standard InChI is InChI=1S/C10H7F2N6/c1-5-15-6(9-16-7(11)8(12)17-9)4-18(5)10-13-2-3-14-10/h2-3H,1H3,(H,13,14)(H,16,17). The van der Waals surface area contributed by atoms with Crippen LogP contribution in [-0.2, 0) is 0 Å². The van der Waals surface area contributed by atoms with E-state index in [0.717, 1.165) is 0 Å². The maximum absolute atomic E-state index is 12.8. The van der Waals surface area contributed by atoms with Crippen LogP contribution in [0.4, 0.5) is 8.78 Å². The van der Waals surface area contributed by atoms with Crippen molar-refractivity contribution in [3.8, 4) is 17.5 Å². The van der Waals surface area contributed by atoms with E-state index in [0.29, 0.717) is 11.8 Å². The third-order valence-electron chi connectivity index (χ3n) is 2.35. The molecule has 0 atom stereocenters. The van der Waals surface area contributed by atoms with E-state index in [2.05, 4.69) is 31.1 Å². The van der Waals surface area contributed by atoms with Gasteiger partial charge in [-0.15, -0.1) is 0 Å². The van der Waals surface area contributed by atoms with Crippen LogP contribution in [0.15, 0.2) is 12.4 Å². The molecular formula is C10H7F2N6. The zero-order valence-corrected chi connectivity index (χ0v) is 9.20. The third-order valence-corrected chi connectivity index (χ3v) is 2.35. The summed E-state index contributed by atoms with van der Waals surface area (Å²) >= 11 is 0. The van der Waals surface area contributed by atoms with E-state index in [1.54, 1.807) is 19.3 Å². The van der Waals surface area contributed by atoms with Gasteiger partial charge >= 0.3 is 0 Å². The molecule has 3 rings (SSSR count). The summed E-state index contributed by atoms with van der Waals surface area (Å²) in [6.07, 6.45) is 6.05. The summed E-state index contributed by atoms with van der Waals surface area (Å²) < 4.78 is 27.2. The Balaban J connectivity index is 2.07. The van der Waals surface area contributed by atoms with Crippen LogP contribution in [0.2, 0.25) is 0 Å². The summed E-state index contributed by atoms with van der Waals surface area (Å²) in [6.45, 7) is 1.72. The van der Waals surface area contributed by atoms with Crippen LogP contribution in [0.1, 0.15) is 5.82 Å². The average molecular weight is 249 g/mol. The Morgan fingerprint density at radius 3 is 2.78 bits per heavy atom. The van der Waals surface area contributed by atoms with Gasteiger partial charge in [0, 0.05) is 12.4 Å². The summed E-state index contributed by atoms with van der Waals surface area (Å²) in [4.78, 5) is 16.6. The molecule has 3 heterocycles. The normalized spacial score (nSPS) is 11.1. The van der Waals surface area contributed by atoms with Crippen LogP contribution in [0.3, 0.4) is 0 Å². The first kappa shape index (κ1) is 10.6. The second-order valence-electron chi connectivity index (χ2n) is 3.56. The number of aromatic nitrogens is 6. The maximum Gasteiger partial charge on any atom is 0.268 e. The molecule has 0 unspecified atom stereocenters. The Hall–Kier alpha value is -2.51. The number of imidazole rings is 3. The van der Waals surface area contributed by atoms with E-state index >= 15 is 0 Å². The number of hydrogen-bond acceptors (Lipinski definition) is 3. The van der Waals surface area contributed by atoms with E-state index in [-0.39, 0.29) is 11.5 Å². The zero-order chi connectivity index (χ0) is 12.7. The van der Waals surface area contributed by atoms with E-state index in [4.69, 9.17) is 0 Å². The summed E-state index contributed by atoms with van der Waals surface area (Å²) in [5.41, 5.74) is 0.215. The maximum atomic E-state index is 12.8. The van der Waals surface area contributed by atoms with Crippen LogP contribution in [0.25, 0.3) is 17.5 Å². The van der Waals surface area contributed by atoms with E-state index in [1.165, 1.54) is 4.57 Å². The number of nitrogens with zero attached hydrogens (tertiary/aromatic N) is 4. The molecule has 2 N–H and O–H groups in total. The molecule has 0 saturated heterocycles. The molecular weight excluding hydrogens is 242 g/mol. The van der Waals surface area contributed by atoms with Gasteiger partial charge in [-0.25, -0.2) is 9.97 Å². The van der Waals surface area contributed by atoms with Gasteiger partial charge in [0.25, 0.3) is 5.95 Å². The van der Waals surface area contributed by atoms with Gasteiger partial charge in [0.2, 0.25) is 11.9 Å². The van der Waals surface area contributed by atoms with Crippen LogP contribution < -0.4 is 0 Å². The van der Waals surface area contributed by atoms with Gasteiger partial charge in [-0.1, -0.05) is 0 Å². The number of halogens is 2. The first-order valence-corrected chi connectivity index (χ1v) is 5.05. The lowest BCUT2D eigenvalue weighted by Crippen LogP contribution is -1.97. The highest BCUT2D eigenvalue weighted by Gasteiger charge is 2.16. The summed E-state index contributed by atoms with van der Waals surface area (Å²) in [6, 6.07) is 0. The predicted molar refractivity (Wildman–Crippen MR) is 56.8 cm³/mol. The van der Waals surface area contributed by atoms with E-state index < -0.39 is 11.9 Å². The summed E-state index contributed by atoms with van der Waals surface area (Å²) in [7, 11) is 0. The Morgan fingerprint density at radius 1 is 1.33 bits per heavy atom. The fraction of sp³-hybridized carbons (Fsp3) is 0.100. The quantitative estimate of drug-likeness (QED) is 0.720. The molecule has 0 fully saturated rings. The number of nitrogens with one attached hydrogen (secondary N) is 2. The van der Waals surface area contributed by atoms with E-state index in [1.807, 2.05) is 0 Å². The van der Waals surface area contributed by atoms with Crippen molar-refractivity contribution in [2.45, 2.75) is 6.92 Å². The highest BCUT2D eigenvalue weighted by atomic mass is 19.2. The average Bonchev–Trinajstić information content (AvgIpc) is 3.01. The Morgan fingerprint density at radius 2 is 2.17 bits per heavy atom. The Bertz CT molecular complexity index is 662. The minimum atomic E-state index is -1.19. The first-order valence-electron chi connectivity index (χ1n) is 5.05. The SMILES string of the molecule is Cc1nc(-c2nc(F)c(F)[nH]2)[c]n1-c1ncc[nH]1. The number of aryl methyl sites for hydroxylation is 1. The molecule has 0 bridgehead atoms. The second-order valence-corrected chi connectivity index (χ2v) is 3.56. The fourth-order valence-corrected chi connectivity index (χ4v) is 1.56. The highest BCUT2D eigenvalue weighted by Crippen LogP contribution is 2.17. The van der Waals surface area contributed by atoms with Crippen LogP contribution >= 0.6 is 0 Å². The largest absolute Gasteiger partial charge is 0.330 e. The molecule has 91 valence electrons. The fourth-order valence-electron chi connectivity index (χ4n) is 1.56. The summed E-state index contributed by atoms with van der Waals surface area (Å²) in [5, 5.41) is 0. The van der Waals surface area contributed by atoms with Crippen molar-refractivity contribution >= 4 is 0 Å². The zero-order valence-electron chi connectivity index (χ0n) is 9.20. The topological polar surface area (TPSA) is 75.2 Å². The molecule has 0 spiro atoms. The van der Waals surface area contributed by atoms with Crippen molar-refractivity contribution in [1.82, 2.24) is 29.5 Å². The molecule has 0 aliphatic heterocycles.